The predicted molar refractivity (Wildman–Crippen MR) is 131 cm³/mol. The molecule has 0 bridgehead atoms. The standard InChI is InChI=1S/C21H34N7O7P/c1-4-34-19(30)13(2)26-36(32,27-14(3)20(31)35-15-7-5-6-8-15)12-33-10-9-28-11-23-16-17(28)24-21(22)25-18(16)29/h11,13-15H,4-10,12H2,1-3H3,(H2,26,27,32)(H3,22,24,25,29)/t13-,14+,36?/m0/s1. The van der Waals surface area contributed by atoms with E-state index in [0.29, 0.717) is 5.65 Å². The molecule has 0 aliphatic heterocycles. The Balaban J connectivity index is 1.63. The molecule has 15 heteroatoms. The van der Waals surface area contributed by atoms with Crippen LogP contribution in [0.4, 0.5) is 5.95 Å². The highest BCUT2D eigenvalue weighted by atomic mass is 31.2. The zero-order valence-electron chi connectivity index (χ0n) is 20.7. The quantitative estimate of drug-likeness (QED) is 0.163. The van der Waals surface area contributed by atoms with Gasteiger partial charge in [-0.2, -0.15) is 4.98 Å². The third kappa shape index (κ3) is 7.36. The van der Waals surface area contributed by atoms with E-state index >= 15 is 0 Å². The summed E-state index contributed by atoms with van der Waals surface area (Å²) in [5, 5.41) is 5.52. The molecule has 1 saturated carbocycles. The minimum Gasteiger partial charge on any atom is -0.465 e. The number of ether oxygens (including phenoxy) is 3. The second-order valence-electron chi connectivity index (χ2n) is 8.64. The molecule has 1 unspecified atom stereocenters. The van der Waals surface area contributed by atoms with Crippen molar-refractivity contribution in [3.05, 3.63) is 16.7 Å². The molecule has 1 fully saturated rings. The minimum atomic E-state index is -3.62. The molecule has 1 aliphatic carbocycles. The van der Waals surface area contributed by atoms with Crippen molar-refractivity contribution in [2.24, 2.45) is 0 Å². The number of nitrogen functional groups attached to an aromatic ring is 1. The summed E-state index contributed by atoms with van der Waals surface area (Å²) in [6.45, 7) is 5.21. The second-order valence-corrected chi connectivity index (χ2v) is 10.9. The van der Waals surface area contributed by atoms with Gasteiger partial charge < -0.3 is 24.5 Å². The first kappa shape index (κ1) is 27.8. The van der Waals surface area contributed by atoms with Crippen LogP contribution < -0.4 is 21.5 Å². The molecular formula is C21H34N7O7P. The molecule has 3 atom stereocenters. The van der Waals surface area contributed by atoms with Crippen molar-refractivity contribution in [1.82, 2.24) is 29.7 Å². The van der Waals surface area contributed by atoms with Crippen LogP contribution in [-0.2, 0) is 34.9 Å². The number of anilines is 1. The Bertz CT molecular complexity index is 1160. The highest BCUT2D eigenvalue weighted by Gasteiger charge is 2.33. The number of fused-ring (bicyclic) bond motifs is 1. The normalized spacial score (nSPS) is 17.5. The molecule has 5 N–H and O–H groups in total. The van der Waals surface area contributed by atoms with Crippen molar-refractivity contribution in [1.29, 1.82) is 0 Å². The van der Waals surface area contributed by atoms with E-state index in [-0.39, 0.29) is 43.7 Å². The molecule has 3 rings (SSSR count). The Morgan fingerprint density at radius 2 is 1.92 bits per heavy atom. The summed E-state index contributed by atoms with van der Waals surface area (Å²) in [5.41, 5.74) is 5.58. The highest BCUT2D eigenvalue weighted by molar-refractivity contribution is 7.59. The fourth-order valence-corrected chi connectivity index (χ4v) is 5.94. The number of carbonyl (C=O) groups excluding carboxylic acids is 2. The van der Waals surface area contributed by atoms with Gasteiger partial charge in [-0.05, 0) is 46.5 Å². The van der Waals surface area contributed by atoms with Crippen molar-refractivity contribution >= 4 is 36.5 Å². The van der Waals surface area contributed by atoms with E-state index in [1.807, 2.05) is 0 Å². The van der Waals surface area contributed by atoms with E-state index in [1.54, 1.807) is 18.4 Å². The molecule has 0 spiro atoms. The lowest BCUT2D eigenvalue weighted by atomic mass is 10.3. The third-order valence-electron chi connectivity index (χ3n) is 5.63. The molecule has 2 aromatic heterocycles. The smallest absolute Gasteiger partial charge is 0.323 e. The van der Waals surface area contributed by atoms with E-state index < -0.39 is 37.0 Å². The summed E-state index contributed by atoms with van der Waals surface area (Å²) in [6, 6.07) is -1.82. The van der Waals surface area contributed by atoms with Gasteiger partial charge >= 0.3 is 11.9 Å². The van der Waals surface area contributed by atoms with Crippen LogP contribution in [-0.4, -0.2) is 69.2 Å². The SMILES string of the molecule is CCOC(=O)[C@H](C)NP(=O)(COCCn1cnc2c(=O)[nH]c(N)nc21)N[C@H](C)C(=O)OC1CCCC1. The summed E-state index contributed by atoms with van der Waals surface area (Å²) in [6.07, 6.45) is 4.60. The fraction of sp³-hybridized carbons (Fsp3) is 0.667. The van der Waals surface area contributed by atoms with E-state index in [4.69, 9.17) is 19.9 Å². The van der Waals surface area contributed by atoms with Crippen LogP contribution in [0.15, 0.2) is 11.1 Å². The molecule has 14 nitrogen and oxygen atoms in total. The number of nitrogens with one attached hydrogen (secondary N) is 3. The number of nitrogens with zero attached hydrogens (tertiary/aromatic N) is 3. The zero-order chi connectivity index (χ0) is 26.3. The molecule has 2 aromatic rings. The zero-order valence-corrected chi connectivity index (χ0v) is 21.6. The van der Waals surface area contributed by atoms with Crippen LogP contribution in [0.5, 0.6) is 0 Å². The molecule has 0 saturated heterocycles. The lowest BCUT2D eigenvalue weighted by molar-refractivity contribution is -0.150. The van der Waals surface area contributed by atoms with Crippen LogP contribution in [0.3, 0.4) is 0 Å². The Morgan fingerprint density at radius 1 is 1.25 bits per heavy atom. The average molecular weight is 528 g/mol. The van der Waals surface area contributed by atoms with Crippen LogP contribution in [0.25, 0.3) is 11.2 Å². The van der Waals surface area contributed by atoms with Gasteiger partial charge in [0.1, 0.15) is 24.5 Å². The number of imidazole rings is 1. The van der Waals surface area contributed by atoms with Crippen molar-refractivity contribution in [3.63, 3.8) is 0 Å². The van der Waals surface area contributed by atoms with E-state index in [9.17, 15) is 18.9 Å². The fourth-order valence-electron chi connectivity index (χ4n) is 3.87. The lowest BCUT2D eigenvalue weighted by Crippen LogP contribution is -2.43. The molecule has 0 radical (unpaired) electrons. The number of aromatic nitrogens is 4. The summed E-state index contributed by atoms with van der Waals surface area (Å²) in [4.78, 5) is 47.1. The molecule has 1 aliphatic rings. The van der Waals surface area contributed by atoms with Gasteiger partial charge in [0.05, 0.1) is 19.5 Å². The summed E-state index contributed by atoms with van der Waals surface area (Å²) < 4.78 is 31.4. The predicted octanol–water partition coefficient (Wildman–Crippen LogP) is 0.874. The largest absolute Gasteiger partial charge is 0.465 e. The Labute approximate surface area is 208 Å². The van der Waals surface area contributed by atoms with E-state index in [2.05, 4.69) is 25.1 Å². The summed E-state index contributed by atoms with van der Waals surface area (Å²) >= 11 is 0. The molecule has 0 amide bonds. The third-order valence-corrected chi connectivity index (χ3v) is 7.78. The lowest BCUT2D eigenvalue weighted by Gasteiger charge is -2.26. The van der Waals surface area contributed by atoms with Crippen LogP contribution in [0.1, 0.15) is 46.5 Å². The number of aromatic amines is 1. The Kier molecular flexibility index (Phi) is 9.60. The van der Waals surface area contributed by atoms with Gasteiger partial charge in [0.25, 0.3) is 5.56 Å². The van der Waals surface area contributed by atoms with Gasteiger partial charge in [0.15, 0.2) is 11.2 Å². The van der Waals surface area contributed by atoms with Gasteiger partial charge in [-0.1, -0.05) is 0 Å². The van der Waals surface area contributed by atoms with Crippen molar-refractivity contribution < 1.29 is 28.4 Å². The van der Waals surface area contributed by atoms with Gasteiger partial charge in [-0.25, -0.2) is 15.2 Å². The maximum Gasteiger partial charge on any atom is 0.323 e. The minimum absolute atomic E-state index is 0.0421. The number of hydrogen-bond donors (Lipinski definition) is 4. The van der Waals surface area contributed by atoms with Crippen molar-refractivity contribution in [2.75, 3.05) is 25.3 Å². The maximum atomic E-state index is 13.7. The van der Waals surface area contributed by atoms with Gasteiger partial charge in [0, 0.05) is 6.54 Å². The van der Waals surface area contributed by atoms with Crippen LogP contribution in [0, 0.1) is 0 Å². The second kappa shape index (κ2) is 12.4. The molecular weight excluding hydrogens is 493 g/mol. The van der Waals surface area contributed by atoms with Gasteiger partial charge in [-0.15, -0.1) is 0 Å². The van der Waals surface area contributed by atoms with Crippen LogP contribution >= 0.6 is 7.44 Å². The first-order chi connectivity index (χ1) is 17.1. The van der Waals surface area contributed by atoms with E-state index in [0.717, 1.165) is 25.7 Å². The topological polar surface area (TPSA) is 193 Å². The Hall–Kier alpha value is -2.80. The highest BCUT2D eigenvalue weighted by Crippen LogP contribution is 2.38. The molecule has 200 valence electrons. The Morgan fingerprint density at radius 3 is 2.58 bits per heavy atom. The maximum absolute atomic E-state index is 13.7. The number of esters is 2. The van der Waals surface area contributed by atoms with Gasteiger partial charge in [-0.3, -0.25) is 23.9 Å². The van der Waals surface area contributed by atoms with Crippen molar-refractivity contribution in [3.8, 4) is 0 Å². The number of H-pyrrole nitrogens is 1. The van der Waals surface area contributed by atoms with E-state index in [1.165, 1.54) is 13.3 Å². The van der Waals surface area contributed by atoms with Crippen LogP contribution in [0.2, 0.25) is 0 Å². The summed E-state index contributed by atoms with van der Waals surface area (Å²) in [7, 11) is -3.62. The van der Waals surface area contributed by atoms with Gasteiger partial charge in [0.2, 0.25) is 13.4 Å². The molecule has 36 heavy (non-hydrogen) atoms. The number of nitrogens with two attached hydrogens (primary N) is 1. The number of hydrogen-bond acceptors (Lipinski definition) is 10. The molecule has 2 heterocycles. The summed E-state index contributed by atoms with van der Waals surface area (Å²) in [5.74, 6) is -1.15. The number of rotatable bonds is 13. The monoisotopic (exact) mass is 527 g/mol. The first-order valence-electron chi connectivity index (χ1n) is 11.9. The molecule has 0 aromatic carbocycles. The number of carbonyl (C=O) groups is 2. The average Bonchev–Trinajstić information content (AvgIpc) is 3.47. The van der Waals surface area contributed by atoms with Crippen molar-refractivity contribution in [2.45, 2.75) is 71.2 Å². The first-order valence-corrected chi connectivity index (χ1v) is 13.8.